The van der Waals surface area contributed by atoms with Crippen molar-refractivity contribution in [1.29, 1.82) is 0 Å². The predicted molar refractivity (Wildman–Crippen MR) is 134 cm³/mol. The maximum atomic E-state index is 13.0. The van der Waals surface area contributed by atoms with Crippen molar-refractivity contribution in [3.63, 3.8) is 0 Å². The fraction of sp³-hybridized carbons (Fsp3) is 0.407. The van der Waals surface area contributed by atoms with Crippen molar-refractivity contribution in [2.75, 3.05) is 29.9 Å². The van der Waals surface area contributed by atoms with E-state index in [2.05, 4.69) is 20.4 Å². The van der Waals surface area contributed by atoms with E-state index in [9.17, 15) is 9.59 Å². The summed E-state index contributed by atoms with van der Waals surface area (Å²) in [5.74, 6) is 1.33. The van der Waals surface area contributed by atoms with Crippen LogP contribution in [0.2, 0.25) is 0 Å². The quantitative estimate of drug-likeness (QED) is 0.573. The Hall–Kier alpha value is -3.52. The van der Waals surface area contributed by atoms with Crippen molar-refractivity contribution in [1.82, 2.24) is 15.0 Å². The number of carbonyl (C=O) groups is 2. The lowest BCUT2D eigenvalue weighted by molar-refractivity contribution is -0.121. The number of hydrogen-bond donors (Lipinski definition) is 1. The lowest BCUT2D eigenvalue weighted by Crippen LogP contribution is -2.37. The Labute approximate surface area is 205 Å². The molecule has 2 aromatic carbocycles. The highest BCUT2D eigenvalue weighted by molar-refractivity contribution is 5.98. The highest BCUT2D eigenvalue weighted by Crippen LogP contribution is 2.29. The second-order valence-corrected chi connectivity index (χ2v) is 9.57. The number of likely N-dealkylation sites (tertiary alicyclic amines) is 1. The number of nitrogens with zero attached hydrogens (tertiary/aromatic N) is 4. The van der Waals surface area contributed by atoms with Gasteiger partial charge in [-0.1, -0.05) is 35.0 Å². The molecule has 0 aliphatic carbocycles. The molecule has 1 aromatic heterocycles. The predicted octanol–water partition coefficient (Wildman–Crippen LogP) is 4.33. The molecule has 0 atom stereocenters. The topological polar surface area (TPSA) is 91.6 Å². The van der Waals surface area contributed by atoms with Gasteiger partial charge < -0.3 is 14.7 Å². The molecular weight excluding hydrogens is 442 g/mol. The molecule has 182 valence electrons. The number of nitrogens with one attached hydrogen (secondary N) is 1. The van der Waals surface area contributed by atoms with Crippen LogP contribution in [0, 0.1) is 19.8 Å². The molecule has 3 aromatic rings. The summed E-state index contributed by atoms with van der Waals surface area (Å²) >= 11 is 0. The number of piperidine rings is 1. The zero-order valence-electron chi connectivity index (χ0n) is 20.3. The molecule has 2 aliphatic rings. The van der Waals surface area contributed by atoms with Gasteiger partial charge in [0.25, 0.3) is 0 Å². The van der Waals surface area contributed by atoms with Gasteiger partial charge in [-0.25, -0.2) is 0 Å². The molecule has 2 fully saturated rings. The van der Waals surface area contributed by atoms with E-state index in [1.807, 2.05) is 61.2 Å². The fourth-order valence-electron chi connectivity index (χ4n) is 4.89. The van der Waals surface area contributed by atoms with Gasteiger partial charge in [-0.2, -0.15) is 4.98 Å². The minimum absolute atomic E-state index is 0.0340. The molecule has 35 heavy (non-hydrogen) atoms. The van der Waals surface area contributed by atoms with E-state index >= 15 is 0 Å². The summed E-state index contributed by atoms with van der Waals surface area (Å²) in [5, 5.41) is 7.20. The Morgan fingerprint density at radius 3 is 2.69 bits per heavy atom. The summed E-state index contributed by atoms with van der Waals surface area (Å²) in [4.78, 5) is 33.8. The molecule has 3 heterocycles. The van der Waals surface area contributed by atoms with Gasteiger partial charge >= 0.3 is 0 Å². The number of rotatable bonds is 6. The third-order valence-corrected chi connectivity index (χ3v) is 6.90. The number of hydrogen-bond acceptors (Lipinski definition) is 6. The van der Waals surface area contributed by atoms with Crippen LogP contribution in [-0.4, -0.2) is 46.5 Å². The van der Waals surface area contributed by atoms with Crippen molar-refractivity contribution >= 4 is 23.2 Å². The standard InChI is InChI=1S/C27H31N5O3/c1-18-5-3-6-21(15-18)26-29-24(35-30-26)17-31-13-10-20(11-14-31)27(34)28-22-9-8-19(2)23(16-22)32-12-4-7-25(32)33/h3,5-6,8-9,15-16,20H,4,7,10-14,17H2,1-2H3,(H,28,34). The number of anilines is 2. The first-order valence-electron chi connectivity index (χ1n) is 12.3. The first-order chi connectivity index (χ1) is 17.0. The molecule has 0 saturated carbocycles. The number of aryl methyl sites for hydroxylation is 2. The molecule has 1 N–H and O–H groups in total. The van der Waals surface area contributed by atoms with Gasteiger partial charge in [0.15, 0.2) is 0 Å². The molecular formula is C27H31N5O3. The smallest absolute Gasteiger partial charge is 0.241 e. The number of carbonyl (C=O) groups excluding carboxylic acids is 2. The summed E-state index contributed by atoms with van der Waals surface area (Å²) in [6.07, 6.45) is 3.01. The molecule has 0 unspecified atom stereocenters. The van der Waals surface area contributed by atoms with Crippen LogP contribution in [0.15, 0.2) is 47.0 Å². The van der Waals surface area contributed by atoms with Crippen molar-refractivity contribution in [2.45, 2.75) is 46.1 Å². The fourth-order valence-corrected chi connectivity index (χ4v) is 4.89. The van der Waals surface area contributed by atoms with E-state index in [-0.39, 0.29) is 17.7 Å². The van der Waals surface area contributed by atoms with Gasteiger partial charge in [-0.05, 0) is 70.0 Å². The number of amides is 2. The average Bonchev–Trinajstić information content (AvgIpc) is 3.50. The zero-order valence-corrected chi connectivity index (χ0v) is 20.3. The van der Waals surface area contributed by atoms with E-state index in [1.165, 1.54) is 0 Å². The Morgan fingerprint density at radius 2 is 1.94 bits per heavy atom. The molecule has 2 aliphatic heterocycles. The van der Waals surface area contributed by atoms with E-state index in [1.54, 1.807) is 0 Å². The molecule has 5 rings (SSSR count). The third-order valence-electron chi connectivity index (χ3n) is 6.90. The maximum Gasteiger partial charge on any atom is 0.241 e. The minimum Gasteiger partial charge on any atom is -0.338 e. The monoisotopic (exact) mass is 473 g/mol. The summed E-state index contributed by atoms with van der Waals surface area (Å²) in [6.45, 7) is 6.94. The van der Waals surface area contributed by atoms with Crippen LogP contribution in [0.3, 0.4) is 0 Å². The van der Waals surface area contributed by atoms with Gasteiger partial charge in [0, 0.05) is 35.8 Å². The van der Waals surface area contributed by atoms with Crippen LogP contribution in [0.4, 0.5) is 11.4 Å². The molecule has 2 saturated heterocycles. The minimum atomic E-state index is -0.0463. The SMILES string of the molecule is Cc1cccc(-c2noc(CN3CCC(C(=O)Nc4ccc(C)c(N5CCCC5=O)c4)CC3)n2)c1. The summed E-state index contributed by atoms with van der Waals surface area (Å²) < 4.78 is 5.48. The summed E-state index contributed by atoms with van der Waals surface area (Å²) in [5.41, 5.74) is 4.78. The van der Waals surface area contributed by atoms with Crippen molar-refractivity contribution in [2.24, 2.45) is 5.92 Å². The van der Waals surface area contributed by atoms with E-state index in [4.69, 9.17) is 4.52 Å². The largest absolute Gasteiger partial charge is 0.338 e. The summed E-state index contributed by atoms with van der Waals surface area (Å²) in [6, 6.07) is 13.8. The average molecular weight is 474 g/mol. The Bertz CT molecular complexity index is 1230. The summed E-state index contributed by atoms with van der Waals surface area (Å²) in [7, 11) is 0. The second kappa shape index (κ2) is 10.00. The van der Waals surface area contributed by atoms with Gasteiger partial charge in [0.1, 0.15) is 0 Å². The molecule has 8 nitrogen and oxygen atoms in total. The molecule has 8 heteroatoms. The molecule has 2 amide bonds. The second-order valence-electron chi connectivity index (χ2n) is 9.57. The Kier molecular flexibility index (Phi) is 6.63. The lowest BCUT2D eigenvalue weighted by Gasteiger charge is -2.30. The van der Waals surface area contributed by atoms with Crippen molar-refractivity contribution in [3.8, 4) is 11.4 Å². The highest BCUT2D eigenvalue weighted by Gasteiger charge is 2.27. The van der Waals surface area contributed by atoms with Crippen LogP contribution >= 0.6 is 0 Å². The lowest BCUT2D eigenvalue weighted by atomic mass is 9.95. The Morgan fingerprint density at radius 1 is 1.11 bits per heavy atom. The molecule has 0 spiro atoms. The van der Waals surface area contributed by atoms with Crippen molar-refractivity contribution < 1.29 is 14.1 Å². The maximum absolute atomic E-state index is 13.0. The third kappa shape index (κ3) is 5.27. The molecule has 0 radical (unpaired) electrons. The van der Waals surface area contributed by atoms with Gasteiger partial charge in [-0.15, -0.1) is 0 Å². The van der Waals surface area contributed by atoms with Crippen LogP contribution in [-0.2, 0) is 16.1 Å². The number of benzene rings is 2. The molecule has 0 bridgehead atoms. The normalized spacial score (nSPS) is 17.2. The zero-order chi connectivity index (χ0) is 24.4. The number of aromatic nitrogens is 2. The Balaban J connectivity index is 1.15. The first-order valence-corrected chi connectivity index (χ1v) is 12.3. The van der Waals surface area contributed by atoms with Gasteiger partial charge in [-0.3, -0.25) is 14.5 Å². The van der Waals surface area contributed by atoms with E-state index in [0.29, 0.717) is 24.7 Å². The van der Waals surface area contributed by atoms with E-state index in [0.717, 1.165) is 67.0 Å². The van der Waals surface area contributed by atoms with Gasteiger partial charge in [0.2, 0.25) is 23.5 Å². The van der Waals surface area contributed by atoms with Crippen LogP contribution in [0.25, 0.3) is 11.4 Å². The highest BCUT2D eigenvalue weighted by atomic mass is 16.5. The van der Waals surface area contributed by atoms with Crippen LogP contribution < -0.4 is 10.2 Å². The van der Waals surface area contributed by atoms with E-state index < -0.39 is 0 Å². The van der Waals surface area contributed by atoms with Crippen molar-refractivity contribution in [3.05, 3.63) is 59.5 Å². The van der Waals surface area contributed by atoms with Crippen LogP contribution in [0.5, 0.6) is 0 Å². The van der Waals surface area contributed by atoms with Crippen LogP contribution in [0.1, 0.15) is 42.7 Å². The first kappa shape index (κ1) is 23.2. The van der Waals surface area contributed by atoms with Gasteiger partial charge in [0.05, 0.1) is 6.54 Å².